The highest BCUT2D eigenvalue weighted by atomic mass is 19.4. The summed E-state index contributed by atoms with van der Waals surface area (Å²) in [4.78, 5) is 4.51. The minimum Gasteiger partial charge on any atom is -0.406 e. The summed E-state index contributed by atoms with van der Waals surface area (Å²) >= 11 is 0. The second-order valence-electron chi connectivity index (χ2n) is 7.23. The van der Waals surface area contributed by atoms with Crippen LogP contribution in [0.15, 0.2) is 48.5 Å². The summed E-state index contributed by atoms with van der Waals surface area (Å²) in [6, 6.07) is 15.8. The molecule has 2 heterocycles. The van der Waals surface area contributed by atoms with Crippen LogP contribution in [0.5, 0.6) is 5.75 Å². The van der Waals surface area contributed by atoms with Gasteiger partial charge in [-0.25, -0.2) is 0 Å². The summed E-state index contributed by atoms with van der Waals surface area (Å²) in [5.41, 5.74) is 2.90. The zero-order valence-electron chi connectivity index (χ0n) is 14.5. The first-order chi connectivity index (χ1) is 12.9. The predicted octanol–water partition coefficient (Wildman–Crippen LogP) is 4.17. The van der Waals surface area contributed by atoms with E-state index in [-0.39, 0.29) is 11.2 Å². The minimum atomic E-state index is -4.67. The summed E-state index contributed by atoms with van der Waals surface area (Å²) in [6.07, 6.45) is -3.58. The van der Waals surface area contributed by atoms with Crippen molar-refractivity contribution in [2.75, 3.05) is 36.0 Å². The molecule has 2 saturated heterocycles. The Bertz CT molecular complexity index is 850. The van der Waals surface area contributed by atoms with Gasteiger partial charge in [0.1, 0.15) is 5.75 Å². The quantitative estimate of drug-likeness (QED) is 0.810. The molecule has 0 radical (unpaired) electrons. The third-order valence-corrected chi connectivity index (χ3v) is 5.29. The minimum absolute atomic E-state index is 0.200. The molecular formula is C20H18F3N3O. The normalized spacial score (nSPS) is 18.3. The molecule has 0 amide bonds. The second kappa shape index (κ2) is 6.38. The van der Waals surface area contributed by atoms with Gasteiger partial charge in [0.15, 0.2) is 0 Å². The molecule has 1 spiro atoms. The van der Waals surface area contributed by atoms with Gasteiger partial charge in [0.25, 0.3) is 0 Å². The van der Waals surface area contributed by atoms with Crippen LogP contribution in [0, 0.1) is 16.7 Å². The van der Waals surface area contributed by atoms with Gasteiger partial charge in [-0.05, 0) is 55.0 Å². The first-order valence-corrected chi connectivity index (χ1v) is 8.72. The Labute approximate surface area is 155 Å². The van der Waals surface area contributed by atoms with Gasteiger partial charge in [0.2, 0.25) is 0 Å². The number of halogens is 3. The van der Waals surface area contributed by atoms with Gasteiger partial charge < -0.3 is 14.5 Å². The van der Waals surface area contributed by atoms with Crippen molar-refractivity contribution in [3.63, 3.8) is 0 Å². The molecule has 27 heavy (non-hydrogen) atoms. The van der Waals surface area contributed by atoms with E-state index >= 15 is 0 Å². The van der Waals surface area contributed by atoms with E-state index < -0.39 is 6.36 Å². The highest BCUT2D eigenvalue weighted by Crippen LogP contribution is 2.43. The number of ether oxygens (including phenoxy) is 1. The van der Waals surface area contributed by atoms with Crippen LogP contribution in [-0.4, -0.2) is 32.5 Å². The Kier molecular flexibility index (Phi) is 4.14. The summed E-state index contributed by atoms with van der Waals surface area (Å²) in [5.74, 6) is -0.200. The number of anilines is 2. The van der Waals surface area contributed by atoms with Crippen LogP contribution in [0.2, 0.25) is 0 Å². The maximum Gasteiger partial charge on any atom is 0.573 e. The number of nitriles is 1. The van der Waals surface area contributed by atoms with Crippen molar-refractivity contribution in [1.29, 1.82) is 5.26 Å². The monoisotopic (exact) mass is 373 g/mol. The SMILES string of the molecule is N#Cc1ccc(N2CCC3(C2)CN(c2ccc(OC(F)(F)F)cc2)C3)cc1. The Balaban J connectivity index is 1.35. The summed E-state index contributed by atoms with van der Waals surface area (Å²) < 4.78 is 40.6. The van der Waals surface area contributed by atoms with E-state index in [2.05, 4.69) is 20.6 Å². The molecule has 0 saturated carbocycles. The highest BCUT2D eigenvalue weighted by Gasteiger charge is 2.47. The van der Waals surface area contributed by atoms with Gasteiger partial charge in [-0.15, -0.1) is 13.2 Å². The number of nitrogens with zero attached hydrogens (tertiary/aromatic N) is 3. The molecule has 0 bridgehead atoms. The molecule has 2 aliphatic rings. The van der Waals surface area contributed by atoms with E-state index in [4.69, 9.17) is 5.26 Å². The van der Waals surface area contributed by atoms with E-state index in [1.165, 1.54) is 12.1 Å². The van der Waals surface area contributed by atoms with Crippen molar-refractivity contribution >= 4 is 11.4 Å². The number of benzene rings is 2. The van der Waals surface area contributed by atoms with Crippen molar-refractivity contribution in [3.05, 3.63) is 54.1 Å². The lowest BCUT2D eigenvalue weighted by atomic mass is 9.78. The molecule has 0 atom stereocenters. The fourth-order valence-electron chi connectivity index (χ4n) is 3.97. The van der Waals surface area contributed by atoms with Gasteiger partial charge in [0, 0.05) is 43.0 Å². The van der Waals surface area contributed by atoms with E-state index in [1.807, 2.05) is 24.3 Å². The molecule has 0 aromatic heterocycles. The maximum absolute atomic E-state index is 12.2. The topological polar surface area (TPSA) is 39.5 Å². The van der Waals surface area contributed by atoms with E-state index in [1.54, 1.807) is 12.1 Å². The predicted molar refractivity (Wildman–Crippen MR) is 95.8 cm³/mol. The van der Waals surface area contributed by atoms with Crippen molar-refractivity contribution in [2.45, 2.75) is 12.8 Å². The second-order valence-corrected chi connectivity index (χ2v) is 7.23. The van der Waals surface area contributed by atoms with Crippen LogP contribution < -0.4 is 14.5 Å². The van der Waals surface area contributed by atoms with Crippen LogP contribution in [0.1, 0.15) is 12.0 Å². The van der Waals surface area contributed by atoms with Crippen molar-refractivity contribution < 1.29 is 17.9 Å². The number of rotatable bonds is 3. The lowest BCUT2D eigenvalue weighted by Gasteiger charge is -2.49. The van der Waals surface area contributed by atoms with E-state index in [0.29, 0.717) is 5.56 Å². The number of hydrogen-bond acceptors (Lipinski definition) is 4. The average molecular weight is 373 g/mol. The van der Waals surface area contributed by atoms with Crippen molar-refractivity contribution in [1.82, 2.24) is 0 Å². The van der Waals surface area contributed by atoms with E-state index in [9.17, 15) is 13.2 Å². The number of alkyl halides is 3. The average Bonchev–Trinajstić information content (AvgIpc) is 3.06. The van der Waals surface area contributed by atoms with Crippen molar-refractivity contribution in [2.24, 2.45) is 5.41 Å². The fourth-order valence-corrected chi connectivity index (χ4v) is 3.97. The van der Waals surface area contributed by atoms with Gasteiger partial charge in [-0.1, -0.05) is 0 Å². The Morgan fingerprint density at radius 1 is 0.889 bits per heavy atom. The molecular weight excluding hydrogens is 355 g/mol. The maximum atomic E-state index is 12.2. The standard InChI is InChI=1S/C20H18F3N3O/c21-20(22,23)27-18-7-5-17(6-8-18)26-13-19(14-26)9-10-25(12-19)16-3-1-15(11-24)2-4-16/h1-8H,9-10,12-14H2. The summed E-state index contributed by atoms with van der Waals surface area (Å²) in [5, 5.41) is 8.90. The molecule has 2 aliphatic heterocycles. The highest BCUT2D eigenvalue weighted by molar-refractivity contribution is 5.55. The molecule has 2 fully saturated rings. The van der Waals surface area contributed by atoms with Gasteiger partial charge in [-0.2, -0.15) is 5.26 Å². The summed E-state index contributed by atoms with van der Waals surface area (Å²) in [7, 11) is 0. The van der Waals surface area contributed by atoms with E-state index in [0.717, 1.165) is 44.0 Å². The Morgan fingerprint density at radius 3 is 2.04 bits per heavy atom. The molecule has 4 nitrogen and oxygen atoms in total. The van der Waals surface area contributed by atoms with Crippen LogP contribution in [0.4, 0.5) is 24.5 Å². The first-order valence-electron chi connectivity index (χ1n) is 8.72. The molecule has 0 N–H and O–H groups in total. The third kappa shape index (κ3) is 3.65. The van der Waals surface area contributed by atoms with Crippen LogP contribution >= 0.6 is 0 Å². The lowest BCUT2D eigenvalue weighted by molar-refractivity contribution is -0.274. The van der Waals surface area contributed by atoms with Gasteiger partial charge >= 0.3 is 6.36 Å². The van der Waals surface area contributed by atoms with Gasteiger partial charge in [0.05, 0.1) is 11.6 Å². The molecule has 4 rings (SSSR count). The Morgan fingerprint density at radius 2 is 1.44 bits per heavy atom. The zero-order chi connectivity index (χ0) is 19.1. The molecule has 140 valence electrons. The third-order valence-electron chi connectivity index (χ3n) is 5.29. The molecule has 2 aromatic carbocycles. The number of hydrogen-bond donors (Lipinski definition) is 0. The first kappa shape index (κ1) is 17.5. The van der Waals surface area contributed by atoms with Crippen LogP contribution in [0.3, 0.4) is 0 Å². The summed E-state index contributed by atoms with van der Waals surface area (Å²) in [6.45, 7) is 3.70. The molecule has 0 aliphatic carbocycles. The zero-order valence-corrected chi connectivity index (χ0v) is 14.5. The molecule has 2 aromatic rings. The smallest absolute Gasteiger partial charge is 0.406 e. The largest absolute Gasteiger partial charge is 0.573 e. The van der Waals surface area contributed by atoms with Crippen LogP contribution in [-0.2, 0) is 0 Å². The van der Waals surface area contributed by atoms with Gasteiger partial charge in [-0.3, -0.25) is 0 Å². The fraction of sp³-hybridized carbons (Fsp3) is 0.350. The van der Waals surface area contributed by atoms with Crippen LogP contribution in [0.25, 0.3) is 0 Å². The van der Waals surface area contributed by atoms with Crippen molar-refractivity contribution in [3.8, 4) is 11.8 Å². The Hall–Kier alpha value is -2.88. The lowest BCUT2D eigenvalue weighted by Crippen LogP contribution is -2.57. The molecule has 7 heteroatoms. The molecule has 0 unspecified atom stereocenters.